The third-order valence-electron chi connectivity index (χ3n) is 1.42. The van der Waals surface area contributed by atoms with Gasteiger partial charge in [0, 0.05) is 6.21 Å². The average molecular weight is 171 g/mol. The van der Waals surface area contributed by atoms with Crippen LogP contribution in [0.15, 0.2) is 4.99 Å². The first-order valence-corrected chi connectivity index (χ1v) is 4.22. The maximum absolute atomic E-state index is 11.0. The molecule has 0 aliphatic heterocycles. The van der Waals surface area contributed by atoms with Crippen LogP contribution in [0.1, 0.15) is 27.2 Å². The highest BCUT2D eigenvalue weighted by atomic mass is 16.5. The molecule has 0 spiro atoms. The Morgan fingerprint density at radius 1 is 1.58 bits per heavy atom. The third kappa shape index (κ3) is 4.11. The van der Waals surface area contributed by atoms with E-state index in [9.17, 15) is 4.79 Å². The van der Waals surface area contributed by atoms with Crippen LogP contribution in [0, 0.1) is 5.92 Å². The van der Waals surface area contributed by atoms with Crippen LogP contribution in [0.5, 0.6) is 0 Å². The first kappa shape index (κ1) is 11.1. The minimum absolute atomic E-state index is 0.255. The molecule has 0 saturated heterocycles. The molecule has 3 nitrogen and oxygen atoms in total. The number of aliphatic imine (C=N–C) groups is 1. The Morgan fingerprint density at radius 2 is 2.17 bits per heavy atom. The molecule has 70 valence electrons. The summed E-state index contributed by atoms with van der Waals surface area (Å²) < 4.78 is 4.58. The molecule has 0 aromatic rings. The van der Waals surface area contributed by atoms with Crippen molar-refractivity contribution in [3.8, 4) is 0 Å². The highest BCUT2D eigenvalue weighted by Crippen LogP contribution is 2.00. The van der Waals surface area contributed by atoms with Crippen LogP contribution in [-0.4, -0.2) is 25.3 Å². The highest BCUT2D eigenvalue weighted by molar-refractivity contribution is 5.78. The molecular weight excluding hydrogens is 154 g/mol. The summed E-state index contributed by atoms with van der Waals surface area (Å²) in [5.41, 5.74) is 0. The van der Waals surface area contributed by atoms with Gasteiger partial charge in [-0.15, -0.1) is 0 Å². The van der Waals surface area contributed by atoms with Gasteiger partial charge in [-0.2, -0.15) is 0 Å². The van der Waals surface area contributed by atoms with Gasteiger partial charge in [-0.3, -0.25) is 4.99 Å². The van der Waals surface area contributed by atoms with Crippen molar-refractivity contribution >= 4 is 12.2 Å². The van der Waals surface area contributed by atoms with E-state index in [2.05, 4.69) is 9.73 Å². The van der Waals surface area contributed by atoms with E-state index in [4.69, 9.17) is 0 Å². The van der Waals surface area contributed by atoms with Crippen molar-refractivity contribution < 1.29 is 9.53 Å². The fourth-order valence-corrected chi connectivity index (χ4v) is 0.745. The second-order valence-corrected chi connectivity index (χ2v) is 2.99. The SMILES string of the molecule is CC[C@H](N=CC(C)C)C(=O)OC. The topological polar surface area (TPSA) is 38.7 Å². The standard InChI is InChI=1S/C9H17NO2/c1-5-8(9(11)12-4)10-6-7(2)3/h6-8H,5H2,1-4H3/t8-/m0/s1. The highest BCUT2D eigenvalue weighted by Gasteiger charge is 2.13. The fourth-order valence-electron chi connectivity index (χ4n) is 0.745. The second-order valence-electron chi connectivity index (χ2n) is 2.99. The van der Waals surface area contributed by atoms with E-state index in [1.165, 1.54) is 7.11 Å². The van der Waals surface area contributed by atoms with E-state index in [-0.39, 0.29) is 12.0 Å². The van der Waals surface area contributed by atoms with E-state index in [0.717, 1.165) is 0 Å². The number of carbonyl (C=O) groups excluding carboxylic acids is 1. The normalized spacial score (nSPS) is 13.8. The van der Waals surface area contributed by atoms with Crippen LogP contribution in [-0.2, 0) is 9.53 Å². The lowest BCUT2D eigenvalue weighted by Gasteiger charge is -2.06. The van der Waals surface area contributed by atoms with Gasteiger partial charge in [-0.05, 0) is 12.3 Å². The van der Waals surface area contributed by atoms with Crippen molar-refractivity contribution in [1.29, 1.82) is 0 Å². The van der Waals surface area contributed by atoms with Gasteiger partial charge in [0.05, 0.1) is 7.11 Å². The summed E-state index contributed by atoms with van der Waals surface area (Å²) in [6.07, 6.45) is 2.47. The molecule has 0 heterocycles. The smallest absolute Gasteiger partial charge is 0.330 e. The molecule has 0 saturated carbocycles. The van der Waals surface area contributed by atoms with E-state index in [1.54, 1.807) is 6.21 Å². The Hall–Kier alpha value is -0.860. The number of esters is 1. The zero-order chi connectivity index (χ0) is 9.56. The lowest BCUT2D eigenvalue weighted by atomic mass is 10.2. The lowest BCUT2D eigenvalue weighted by molar-refractivity contribution is -0.142. The molecular formula is C9H17NO2. The Labute approximate surface area is 73.8 Å². The Morgan fingerprint density at radius 3 is 2.50 bits per heavy atom. The quantitative estimate of drug-likeness (QED) is 0.476. The van der Waals surface area contributed by atoms with Crippen LogP contribution in [0.2, 0.25) is 0 Å². The fraction of sp³-hybridized carbons (Fsp3) is 0.778. The van der Waals surface area contributed by atoms with Gasteiger partial charge in [0.2, 0.25) is 0 Å². The number of nitrogens with zero attached hydrogens (tertiary/aromatic N) is 1. The summed E-state index contributed by atoms with van der Waals surface area (Å²) in [6, 6.07) is -0.322. The molecule has 0 aromatic carbocycles. The van der Waals surface area contributed by atoms with Crippen molar-refractivity contribution in [2.45, 2.75) is 33.2 Å². The van der Waals surface area contributed by atoms with Crippen molar-refractivity contribution in [2.24, 2.45) is 10.9 Å². The Balaban J connectivity index is 4.08. The van der Waals surface area contributed by atoms with Gasteiger partial charge in [0.1, 0.15) is 6.04 Å². The predicted octanol–water partition coefficient (Wildman–Crippen LogP) is 1.66. The molecule has 0 radical (unpaired) electrons. The molecule has 0 unspecified atom stereocenters. The lowest BCUT2D eigenvalue weighted by Crippen LogP contribution is -2.19. The summed E-state index contributed by atoms with van der Waals surface area (Å²) in [4.78, 5) is 15.1. The largest absolute Gasteiger partial charge is 0.467 e. The molecule has 0 fully saturated rings. The van der Waals surface area contributed by atoms with Crippen LogP contribution >= 0.6 is 0 Å². The van der Waals surface area contributed by atoms with Gasteiger partial charge >= 0.3 is 5.97 Å². The molecule has 0 aromatic heterocycles. The molecule has 0 N–H and O–H groups in total. The molecule has 0 rings (SSSR count). The van der Waals surface area contributed by atoms with Crippen molar-refractivity contribution in [3.05, 3.63) is 0 Å². The number of carbonyl (C=O) groups is 1. The van der Waals surface area contributed by atoms with E-state index in [1.807, 2.05) is 20.8 Å². The summed E-state index contributed by atoms with van der Waals surface area (Å²) in [6.45, 7) is 5.96. The monoisotopic (exact) mass is 171 g/mol. The van der Waals surface area contributed by atoms with E-state index in [0.29, 0.717) is 12.3 Å². The summed E-state index contributed by atoms with van der Waals surface area (Å²) in [5.74, 6) is 0.123. The maximum atomic E-state index is 11.0. The van der Waals surface area contributed by atoms with E-state index < -0.39 is 0 Å². The number of rotatable bonds is 4. The zero-order valence-corrected chi connectivity index (χ0v) is 8.20. The molecule has 12 heavy (non-hydrogen) atoms. The van der Waals surface area contributed by atoms with Gasteiger partial charge < -0.3 is 4.74 Å². The first-order valence-electron chi connectivity index (χ1n) is 4.22. The van der Waals surface area contributed by atoms with Crippen molar-refractivity contribution in [2.75, 3.05) is 7.11 Å². The molecule has 1 atom stereocenters. The molecule has 0 amide bonds. The third-order valence-corrected chi connectivity index (χ3v) is 1.42. The van der Waals surface area contributed by atoms with Crippen molar-refractivity contribution in [1.82, 2.24) is 0 Å². The number of hydrogen-bond donors (Lipinski definition) is 0. The Bertz CT molecular complexity index is 164. The summed E-state index contributed by atoms with van der Waals surface area (Å²) in [7, 11) is 1.38. The van der Waals surface area contributed by atoms with Crippen LogP contribution in [0.4, 0.5) is 0 Å². The molecule has 0 aliphatic carbocycles. The van der Waals surface area contributed by atoms with Gasteiger partial charge in [-0.25, -0.2) is 4.79 Å². The summed E-state index contributed by atoms with van der Waals surface area (Å²) >= 11 is 0. The van der Waals surface area contributed by atoms with Gasteiger partial charge in [-0.1, -0.05) is 20.8 Å². The van der Waals surface area contributed by atoms with E-state index >= 15 is 0 Å². The van der Waals surface area contributed by atoms with Crippen LogP contribution < -0.4 is 0 Å². The number of ether oxygens (including phenoxy) is 1. The summed E-state index contributed by atoms with van der Waals surface area (Å²) in [5, 5.41) is 0. The Kier molecular flexibility index (Phi) is 5.34. The van der Waals surface area contributed by atoms with Gasteiger partial charge in [0.25, 0.3) is 0 Å². The second kappa shape index (κ2) is 5.75. The number of hydrogen-bond acceptors (Lipinski definition) is 3. The minimum atomic E-state index is -0.322. The molecule has 0 aliphatic rings. The van der Waals surface area contributed by atoms with Gasteiger partial charge in [0.15, 0.2) is 0 Å². The first-order chi connectivity index (χ1) is 5.61. The molecule has 0 bridgehead atoms. The maximum Gasteiger partial charge on any atom is 0.330 e. The average Bonchev–Trinajstić information content (AvgIpc) is 2.04. The predicted molar refractivity (Wildman–Crippen MR) is 49.4 cm³/mol. The van der Waals surface area contributed by atoms with Crippen LogP contribution in [0.25, 0.3) is 0 Å². The number of methoxy groups -OCH3 is 1. The minimum Gasteiger partial charge on any atom is -0.467 e. The van der Waals surface area contributed by atoms with Crippen molar-refractivity contribution in [3.63, 3.8) is 0 Å². The zero-order valence-electron chi connectivity index (χ0n) is 8.20. The molecule has 3 heteroatoms. The van der Waals surface area contributed by atoms with Crippen LogP contribution in [0.3, 0.4) is 0 Å².